The normalized spacial score (nSPS) is 23.0. The third kappa shape index (κ3) is 5.27. The topological polar surface area (TPSA) is 154 Å². The lowest BCUT2D eigenvalue weighted by Gasteiger charge is -2.37. The van der Waals surface area contributed by atoms with Gasteiger partial charge in [-0.05, 0) is 62.1 Å². The summed E-state index contributed by atoms with van der Waals surface area (Å²) in [5, 5.41) is 16.1. The van der Waals surface area contributed by atoms with Gasteiger partial charge in [-0.25, -0.2) is 9.37 Å². The van der Waals surface area contributed by atoms with Crippen molar-refractivity contribution < 1.29 is 28.7 Å². The lowest BCUT2D eigenvalue weighted by atomic mass is 9.77. The van der Waals surface area contributed by atoms with Crippen LogP contribution in [0.3, 0.4) is 0 Å². The zero-order valence-corrected chi connectivity index (χ0v) is 23.0. The Morgan fingerprint density at radius 1 is 1.12 bits per heavy atom. The molecule has 3 aliphatic heterocycles. The van der Waals surface area contributed by atoms with Crippen LogP contribution in [-0.4, -0.2) is 74.8 Å². The quantitative estimate of drug-likeness (QED) is 0.447. The van der Waals surface area contributed by atoms with Gasteiger partial charge in [-0.15, -0.1) is 0 Å². The highest BCUT2D eigenvalue weighted by Gasteiger charge is 2.48. The minimum atomic E-state index is -1.22. The number of halogens is 1. The van der Waals surface area contributed by atoms with Gasteiger partial charge in [-0.3, -0.25) is 28.5 Å². The molecule has 0 spiro atoms. The van der Waals surface area contributed by atoms with Crippen molar-refractivity contribution in [1.82, 2.24) is 30.0 Å². The molecule has 4 amide bonds. The molecule has 1 unspecified atom stereocenters. The first kappa shape index (κ1) is 28.2. The fraction of sp³-hybridized carbons (Fsp3) is 0.500. The van der Waals surface area contributed by atoms with E-state index in [4.69, 9.17) is 0 Å². The number of rotatable bonds is 5. The number of amides is 4. The molecule has 2 fully saturated rings. The van der Waals surface area contributed by atoms with E-state index in [1.54, 1.807) is 14.1 Å². The van der Waals surface area contributed by atoms with E-state index < -0.39 is 52.1 Å². The molecule has 0 radical (unpaired) electrons. The third-order valence-corrected chi connectivity index (χ3v) is 8.34. The van der Waals surface area contributed by atoms with E-state index in [-0.39, 0.29) is 37.3 Å². The molecule has 1 saturated heterocycles. The molecule has 4 heterocycles. The second-order valence-electron chi connectivity index (χ2n) is 11.2. The highest BCUT2D eigenvalue weighted by Crippen LogP contribution is 2.43. The summed E-state index contributed by atoms with van der Waals surface area (Å²) in [5.74, 6) is -3.87. The number of likely N-dealkylation sites (N-methyl/N-ethyl adjacent to an activating group) is 1. The predicted octanol–water partition coefficient (Wildman–Crippen LogP) is 0.613. The van der Waals surface area contributed by atoms with E-state index >= 15 is 0 Å². The van der Waals surface area contributed by atoms with Gasteiger partial charge in [0, 0.05) is 33.7 Å². The van der Waals surface area contributed by atoms with Crippen LogP contribution >= 0.6 is 0 Å². The second kappa shape index (κ2) is 10.9. The van der Waals surface area contributed by atoms with E-state index in [0.29, 0.717) is 44.1 Å². The summed E-state index contributed by atoms with van der Waals surface area (Å²) in [4.78, 5) is 72.7. The van der Waals surface area contributed by atoms with Crippen LogP contribution in [0.15, 0.2) is 29.1 Å². The molecule has 1 aliphatic carbocycles. The van der Waals surface area contributed by atoms with E-state index in [1.165, 1.54) is 38.6 Å². The largest absolute Gasteiger partial charge is 0.501 e. The monoisotopic (exact) mass is 568 g/mol. The van der Waals surface area contributed by atoms with Crippen LogP contribution in [0.1, 0.15) is 60.4 Å². The molecule has 3 N–H and O–H groups in total. The maximum atomic E-state index is 13.4. The van der Waals surface area contributed by atoms with Crippen LogP contribution in [0.2, 0.25) is 0 Å². The first-order valence-corrected chi connectivity index (χ1v) is 13.7. The molecule has 1 atom stereocenters. The molecular weight excluding hydrogens is 535 g/mol. The van der Waals surface area contributed by atoms with Gasteiger partial charge in [0.1, 0.15) is 17.7 Å². The van der Waals surface area contributed by atoms with Crippen molar-refractivity contribution in [2.24, 2.45) is 5.92 Å². The van der Waals surface area contributed by atoms with Crippen LogP contribution in [0.25, 0.3) is 0 Å². The van der Waals surface area contributed by atoms with Crippen LogP contribution in [0, 0.1) is 11.7 Å². The van der Waals surface area contributed by atoms with Crippen LogP contribution in [0.5, 0.6) is 5.75 Å². The second-order valence-corrected chi connectivity index (χ2v) is 11.2. The van der Waals surface area contributed by atoms with E-state index in [0.717, 1.165) is 0 Å². The fourth-order valence-electron chi connectivity index (χ4n) is 6.09. The summed E-state index contributed by atoms with van der Waals surface area (Å²) in [6, 6.07) is 4.75. The average Bonchev–Trinajstić information content (AvgIpc) is 3.33. The van der Waals surface area contributed by atoms with Gasteiger partial charge in [0.15, 0.2) is 5.69 Å². The van der Waals surface area contributed by atoms with Gasteiger partial charge in [-0.2, -0.15) is 0 Å². The number of carbonyl (C=O) groups is 4. The minimum absolute atomic E-state index is 0.000222. The van der Waals surface area contributed by atoms with Gasteiger partial charge in [-0.1, -0.05) is 12.1 Å². The first-order valence-electron chi connectivity index (χ1n) is 13.7. The zero-order valence-electron chi connectivity index (χ0n) is 23.0. The molecule has 6 rings (SSSR count). The van der Waals surface area contributed by atoms with Crippen LogP contribution < -0.4 is 16.2 Å². The van der Waals surface area contributed by atoms with E-state index in [2.05, 4.69) is 15.6 Å². The molecule has 2 aromatic rings. The molecule has 1 aromatic heterocycles. The number of fused-ring (bicyclic) bond motifs is 2. The molecular formula is C28H33FN6O6. The third-order valence-electron chi connectivity index (χ3n) is 8.34. The lowest BCUT2D eigenvalue weighted by Crippen LogP contribution is -2.56. The van der Waals surface area contributed by atoms with Crippen LogP contribution in [0.4, 0.5) is 4.39 Å². The highest BCUT2D eigenvalue weighted by molar-refractivity contribution is 6.35. The average molecular weight is 569 g/mol. The molecule has 4 aliphatic rings. The smallest absolute Gasteiger partial charge is 0.312 e. The van der Waals surface area contributed by atoms with Crippen LogP contribution in [-0.2, 0) is 33.0 Å². The van der Waals surface area contributed by atoms with Crippen molar-refractivity contribution in [2.75, 3.05) is 20.6 Å². The molecule has 41 heavy (non-hydrogen) atoms. The van der Waals surface area contributed by atoms with Gasteiger partial charge >= 0.3 is 11.8 Å². The molecule has 1 saturated carbocycles. The summed E-state index contributed by atoms with van der Waals surface area (Å²) < 4.78 is 14.5. The Bertz CT molecular complexity index is 1450. The minimum Gasteiger partial charge on any atom is -0.501 e. The van der Waals surface area contributed by atoms with Gasteiger partial charge < -0.3 is 25.5 Å². The van der Waals surface area contributed by atoms with Gasteiger partial charge in [0.05, 0.1) is 5.54 Å². The van der Waals surface area contributed by atoms with Crippen molar-refractivity contribution in [1.29, 1.82) is 0 Å². The number of likely N-dealkylation sites (tertiary alicyclic amines) is 1. The Kier molecular flexibility index (Phi) is 7.54. The molecule has 12 nitrogen and oxygen atoms in total. The Hall–Kier alpha value is -4.29. The Labute approximate surface area is 235 Å². The predicted molar refractivity (Wildman–Crippen MR) is 143 cm³/mol. The SMILES string of the molecule is CN(C)C(=O)C1CCCN1C(=O)C(=O)NC12CCC(CC1)Cn1c2nc(C(=O)NCc2ccc(F)cc2)c(O)c1=O. The number of carbonyl (C=O) groups excluding carboxylic acids is 4. The highest BCUT2D eigenvalue weighted by atomic mass is 19.1. The Morgan fingerprint density at radius 2 is 1.80 bits per heavy atom. The molecule has 2 bridgehead atoms. The summed E-state index contributed by atoms with van der Waals surface area (Å²) in [6.45, 7) is 0.523. The summed E-state index contributed by atoms with van der Waals surface area (Å²) >= 11 is 0. The summed E-state index contributed by atoms with van der Waals surface area (Å²) in [5.41, 5.74) is -1.93. The Morgan fingerprint density at radius 3 is 2.46 bits per heavy atom. The lowest BCUT2D eigenvalue weighted by molar-refractivity contribution is -0.150. The van der Waals surface area contributed by atoms with E-state index in [9.17, 15) is 33.5 Å². The molecule has 13 heteroatoms. The number of benzene rings is 1. The fourth-order valence-corrected chi connectivity index (χ4v) is 6.09. The number of aromatic hydroxyl groups is 1. The maximum absolute atomic E-state index is 13.4. The standard InChI is InChI=1S/C28H33FN6O6/c1-33(2)24(39)19-4-3-13-34(19)26(41)23(38)32-28-11-9-17(10-12-28)15-35-25(40)21(36)20(31-27(28)35)22(37)30-14-16-5-7-18(29)8-6-16/h5-8,17,19,36H,3-4,9-15H2,1-2H3,(H,30,37)(H,32,38). The number of aromatic nitrogens is 2. The molecule has 218 valence electrons. The number of hydrogen-bond donors (Lipinski definition) is 3. The van der Waals surface area contributed by atoms with Crippen molar-refractivity contribution in [2.45, 2.75) is 63.2 Å². The van der Waals surface area contributed by atoms with Crippen molar-refractivity contribution in [3.05, 3.63) is 57.5 Å². The van der Waals surface area contributed by atoms with Crippen molar-refractivity contribution >= 4 is 23.6 Å². The number of hydrogen-bond acceptors (Lipinski definition) is 7. The summed E-state index contributed by atoms with van der Waals surface area (Å²) in [6.07, 6.45) is 3.07. The van der Waals surface area contributed by atoms with Crippen molar-refractivity contribution in [3.63, 3.8) is 0 Å². The number of nitrogens with one attached hydrogen (secondary N) is 2. The zero-order chi connectivity index (χ0) is 29.5. The van der Waals surface area contributed by atoms with Crippen molar-refractivity contribution in [3.8, 4) is 5.75 Å². The molecule has 1 aromatic carbocycles. The van der Waals surface area contributed by atoms with E-state index in [1.807, 2.05) is 0 Å². The van der Waals surface area contributed by atoms with Gasteiger partial charge in [0.25, 0.3) is 11.5 Å². The Balaban J connectivity index is 1.44. The summed E-state index contributed by atoms with van der Waals surface area (Å²) in [7, 11) is 3.19. The first-order chi connectivity index (χ1) is 19.5. The maximum Gasteiger partial charge on any atom is 0.312 e. The van der Waals surface area contributed by atoms with Gasteiger partial charge in [0.2, 0.25) is 11.7 Å². The number of nitrogens with zero attached hydrogens (tertiary/aromatic N) is 4.